The Morgan fingerprint density at radius 3 is 1.61 bits per heavy atom. The summed E-state index contributed by atoms with van der Waals surface area (Å²) in [5, 5.41) is 2.37. The van der Waals surface area contributed by atoms with Gasteiger partial charge in [-0.2, -0.15) is 0 Å². The van der Waals surface area contributed by atoms with E-state index in [9.17, 15) is 0 Å². The van der Waals surface area contributed by atoms with Crippen LogP contribution in [0.2, 0.25) is 0 Å². The van der Waals surface area contributed by atoms with Crippen LogP contribution in [-0.2, 0) is 0 Å². The monoisotopic (exact) mass is 630 g/mol. The highest BCUT2D eigenvalue weighted by molar-refractivity contribution is 6.14. The second-order valence-corrected chi connectivity index (χ2v) is 12.4. The summed E-state index contributed by atoms with van der Waals surface area (Å²) in [4.78, 5) is 5.45. The van der Waals surface area contributed by atoms with Crippen molar-refractivity contribution in [3.8, 4) is 39.6 Å². The van der Waals surface area contributed by atoms with Gasteiger partial charge in [0.05, 0.1) is 11.0 Å². The van der Waals surface area contributed by atoms with Crippen molar-refractivity contribution in [3.63, 3.8) is 0 Å². The minimum atomic E-state index is 0.921. The van der Waals surface area contributed by atoms with Crippen LogP contribution in [0.15, 0.2) is 164 Å². The van der Waals surface area contributed by atoms with E-state index in [1.807, 2.05) is 0 Å². The maximum absolute atomic E-state index is 5.45. The molecule has 9 rings (SSSR count). The first kappa shape index (κ1) is 28.8. The maximum atomic E-state index is 5.45. The first-order valence-corrected chi connectivity index (χ1v) is 16.8. The molecule has 0 amide bonds. The summed E-state index contributed by atoms with van der Waals surface area (Å²) in [6.45, 7) is 4.32. The van der Waals surface area contributed by atoms with Gasteiger partial charge in [-0.1, -0.05) is 121 Å². The lowest BCUT2D eigenvalue weighted by Crippen LogP contribution is -1.99. The van der Waals surface area contributed by atoms with Gasteiger partial charge in [-0.3, -0.25) is 9.13 Å². The first-order valence-electron chi connectivity index (χ1n) is 16.8. The molecule has 0 atom stereocenters. The lowest BCUT2D eigenvalue weighted by Gasteiger charge is -2.12. The molecule has 49 heavy (non-hydrogen) atoms. The number of benzene rings is 6. The van der Waals surface area contributed by atoms with E-state index in [1.165, 1.54) is 27.8 Å². The molecule has 4 heteroatoms. The predicted molar refractivity (Wildman–Crippen MR) is 205 cm³/mol. The topological polar surface area (TPSA) is 27.7 Å². The molecule has 9 aromatic rings. The predicted octanol–water partition coefficient (Wildman–Crippen LogP) is 11.6. The van der Waals surface area contributed by atoms with Crippen LogP contribution in [0.1, 0.15) is 18.2 Å². The van der Waals surface area contributed by atoms with Crippen LogP contribution in [-0.4, -0.2) is 18.7 Å². The van der Waals surface area contributed by atoms with Gasteiger partial charge >= 0.3 is 0 Å². The Hall–Kier alpha value is -6.39. The third-order valence-corrected chi connectivity index (χ3v) is 9.56. The third kappa shape index (κ3) is 4.64. The van der Waals surface area contributed by atoms with Gasteiger partial charge in [-0.25, -0.2) is 4.98 Å². The Kier molecular flexibility index (Phi) is 6.87. The van der Waals surface area contributed by atoms with Crippen LogP contribution in [0.3, 0.4) is 0 Å². The van der Waals surface area contributed by atoms with Gasteiger partial charge in [0.1, 0.15) is 11.3 Å². The van der Waals surface area contributed by atoms with E-state index in [-0.39, 0.29) is 0 Å². The molecule has 3 aromatic heterocycles. The summed E-state index contributed by atoms with van der Waals surface area (Å²) in [6.07, 6.45) is 4.38. The molecule has 0 saturated carbocycles. The summed E-state index contributed by atoms with van der Waals surface area (Å²) < 4.78 is 7.07. The summed E-state index contributed by atoms with van der Waals surface area (Å²) in [7, 11) is 0. The molecule has 0 aliphatic heterocycles. The van der Waals surface area contributed by atoms with E-state index >= 15 is 0 Å². The molecule has 234 valence electrons. The van der Waals surface area contributed by atoms with Gasteiger partial charge in [0.15, 0.2) is 5.65 Å². The first-order chi connectivity index (χ1) is 24.2. The van der Waals surface area contributed by atoms with Gasteiger partial charge in [0.2, 0.25) is 0 Å². The van der Waals surface area contributed by atoms with Crippen molar-refractivity contribution < 1.29 is 0 Å². The fourth-order valence-electron chi connectivity index (χ4n) is 7.36. The smallest absolute Gasteiger partial charge is 0.165 e. The van der Waals surface area contributed by atoms with Gasteiger partial charge < -0.3 is 4.57 Å². The van der Waals surface area contributed by atoms with Crippen LogP contribution in [0, 0.1) is 6.92 Å². The molecule has 0 aliphatic carbocycles. The number of hydrogen-bond acceptors (Lipinski definition) is 1. The molecule has 0 unspecified atom stereocenters. The molecule has 0 N–H and O–H groups in total. The highest BCUT2D eigenvalue weighted by atomic mass is 15.2. The fraction of sp³-hybridized carbons (Fsp3) is 0.0444. The van der Waals surface area contributed by atoms with Crippen molar-refractivity contribution in [2.24, 2.45) is 0 Å². The zero-order valence-corrected chi connectivity index (χ0v) is 27.5. The molecular weight excluding hydrogens is 597 g/mol. The van der Waals surface area contributed by atoms with E-state index in [0.29, 0.717) is 0 Å². The molecule has 6 aromatic carbocycles. The van der Waals surface area contributed by atoms with Crippen LogP contribution in [0.4, 0.5) is 0 Å². The van der Waals surface area contributed by atoms with Crippen molar-refractivity contribution in [1.82, 2.24) is 18.7 Å². The molecule has 0 radical (unpaired) electrons. The third-order valence-electron chi connectivity index (χ3n) is 9.56. The van der Waals surface area contributed by atoms with Crippen molar-refractivity contribution in [2.75, 3.05) is 0 Å². The number of nitrogens with zero attached hydrogens (tertiary/aromatic N) is 4. The van der Waals surface area contributed by atoms with Crippen LogP contribution >= 0.6 is 0 Å². The molecule has 0 fully saturated rings. The second kappa shape index (κ2) is 11.7. The number of para-hydroxylation sites is 2. The van der Waals surface area contributed by atoms with Gasteiger partial charge in [0, 0.05) is 44.7 Å². The largest absolute Gasteiger partial charge is 0.313 e. The number of hydrogen-bond donors (Lipinski definition) is 0. The Bertz CT molecular complexity index is 2620. The molecule has 0 saturated heterocycles. The molecular formula is C45H34N4. The van der Waals surface area contributed by atoms with E-state index in [2.05, 4.69) is 197 Å². The number of aromatic nitrogens is 4. The van der Waals surface area contributed by atoms with E-state index in [1.54, 1.807) is 0 Å². The zero-order valence-electron chi connectivity index (χ0n) is 27.5. The summed E-state index contributed by atoms with van der Waals surface area (Å²) in [5.41, 5.74) is 13.5. The number of allylic oxidation sites excluding steroid dienone is 1. The SMILES string of the molecule is C/C=C\c1c(C)n(-c2ccc(-c3ccccc3)cc2)c2cc3c(cc12)c1c(nc(-c2ccccc2)n1-c1ccccc1)n3-c1ccccc1. The van der Waals surface area contributed by atoms with Crippen molar-refractivity contribution in [1.29, 1.82) is 0 Å². The van der Waals surface area contributed by atoms with E-state index in [0.717, 1.165) is 56.0 Å². The van der Waals surface area contributed by atoms with Crippen molar-refractivity contribution in [3.05, 3.63) is 175 Å². The van der Waals surface area contributed by atoms with Crippen molar-refractivity contribution >= 4 is 39.0 Å². The fourth-order valence-corrected chi connectivity index (χ4v) is 7.36. The summed E-state index contributed by atoms with van der Waals surface area (Å²) >= 11 is 0. The van der Waals surface area contributed by atoms with Crippen LogP contribution < -0.4 is 0 Å². The van der Waals surface area contributed by atoms with E-state index < -0.39 is 0 Å². The lowest BCUT2D eigenvalue weighted by molar-refractivity contribution is 1.05. The number of fused-ring (bicyclic) bond motifs is 4. The van der Waals surface area contributed by atoms with Gasteiger partial charge in [-0.15, -0.1) is 0 Å². The lowest BCUT2D eigenvalue weighted by atomic mass is 10.1. The molecule has 4 nitrogen and oxygen atoms in total. The summed E-state index contributed by atoms with van der Waals surface area (Å²) in [6, 6.07) is 56.0. The quantitative estimate of drug-likeness (QED) is 0.180. The highest BCUT2D eigenvalue weighted by Gasteiger charge is 2.25. The van der Waals surface area contributed by atoms with Crippen LogP contribution in [0.25, 0.3) is 78.6 Å². The number of imidazole rings is 1. The molecule has 3 heterocycles. The Morgan fingerprint density at radius 1 is 0.490 bits per heavy atom. The average molecular weight is 631 g/mol. The van der Waals surface area contributed by atoms with Gasteiger partial charge in [0.25, 0.3) is 0 Å². The van der Waals surface area contributed by atoms with Crippen LogP contribution in [0.5, 0.6) is 0 Å². The standard InChI is InChI=1S/C45H34N4/c1-3-16-38-31(2)47(37-27-25-33(26-28-37)32-17-8-4-9-18-32)41-30-42-40(29-39(38)41)43-45(48(42)35-21-12-6-13-22-35)46-44(34-19-10-5-11-20-34)49(43)36-23-14-7-15-24-36/h3-30H,1-2H3/b16-3-. The van der Waals surface area contributed by atoms with E-state index in [4.69, 9.17) is 4.98 Å². The second-order valence-electron chi connectivity index (χ2n) is 12.4. The normalized spacial score (nSPS) is 11.8. The molecule has 0 bridgehead atoms. The Morgan fingerprint density at radius 2 is 1.00 bits per heavy atom. The molecule has 0 aliphatic rings. The minimum absolute atomic E-state index is 0.921. The van der Waals surface area contributed by atoms with Gasteiger partial charge in [-0.05, 0) is 73.5 Å². The zero-order chi connectivity index (χ0) is 32.9. The van der Waals surface area contributed by atoms with Crippen molar-refractivity contribution in [2.45, 2.75) is 13.8 Å². The highest BCUT2D eigenvalue weighted by Crippen LogP contribution is 2.41. The Labute approximate surface area is 285 Å². The summed E-state index contributed by atoms with van der Waals surface area (Å²) in [5.74, 6) is 0.921. The minimum Gasteiger partial charge on any atom is -0.313 e. The Balaban J connectivity index is 1.39. The maximum Gasteiger partial charge on any atom is 0.165 e. The number of rotatable bonds is 6. The average Bonchev–Trinajstić information content (AvgIpc) is 3.78. The molecule has 0 spiro atoms.